The predicted molar refractivity (Wildman–Crippen MR) is 70.9 cm³/mol. The third kappa shape index (κ3) is 3.76. The van der Waals surface area contributed by atoms with Crippen LogP contribution in [0.3, 0.4) is 0 Å². The summed E-state index contributed by atoms with van der Waals surface area (Å²) in [5, 5.41) is 11.9. The molecule has 5 heteroatoms. The van der Waals surface area contributed by atoms with Gasteiger partial charge in [-0.25, -0.2) is 0 Å². The molecule has 1 atom stereocenters. The standard InChI is InChI=1S/C14H18N4O/c15-6-3-9-18(11-12-4-1-7-16-10-12)14(19)13-5-2-8-17-13/h1,4,7,10,13,17H,2-3,5,8-9,11H2/t13-/m0/s1. The monoisotopic (exact) mass is 258 g/mol. The van der Waals surface area contributed by atoms with E-state index in [0.717, 1.165) is 24.9 Å². The SMILES string of the molecule is N#CCCN(Cc1cccnc1)C(=O)[C@@H]1CCCN1. The van der Waals surface area contributed by atoms with E-state index in [0.29, 0.717) is 19.5 Å². The quantitative estimate of drug-likeness (QED) is 0.858. The summed E-state index contributed by atoms with van der Waals surface area (Å²) in [6, 6.07) is 5.82. The molecule has 0 bridgehead atoms. The molecule has 100 valence electrons. The van der Waals surface area contributed by atoms with Crippen molar-refractivity contribution in [1.82, 2.24) is 15.2 Å². The maximum Gasteiger partial charge on any atom is 0.240 e. The molecule has 1 fully saturated rings. The van der Waals surface area contributed by atoms with Crippen LogP contribution in [0.1, 0.15) is 24.8 Å². The number of nitrogens with one attached hydrogen (secondary N) is 1. The molecule has 5 nitrogen and oxygen atoms in total. The molecule has 2 rings (SSSR count). The van der Waals surface area contributed by atoms with Crippen molar-refractivity contribution in [2.75, 3.05) is 13.1 Å². The van der Waals surface area contributed by atoms with Crippen LogP contribution in [0.4, 0.5) is 0 Å². The van der Waals surface area contributed by atoms with Crippen LogP contribution in [0.15, 0.2) is 24.5 Å². The summed E-state index contributed by atoms with van der Waals surface area (Å²) in [5.41, 5.74) is 0.992. The Kier molecular flexibility index (Phi) is 4.87. The van der Waals surface area contributed by atoms with Crippen molar-refractivity contribution in [3.63, 3.8) is 0 Å². The number of carbonyl (C=O) groups is 1. The predicted octanol–water partition coefficient (Wildman–Crippen LogP) is 1.08. The summed E-state index contributed by atoms with van der Waals surface area (Å²) in [6.07, 6.45) is 5.75. The summed E-state index contributed by atoms with van der Waals surface area (Å²) in [4.78, 5) is 18.2. The van der Waals surface area contributed by atoms with E-state index in [1.54, 1.807) is 17.3 Å². The number of hydrogen-bond acceptors (Lipinski definition) is 4. The second-order valence-corrected chi connectivity index (χ2v) is 4.68. The Morgan fingerprint density at radius 3 is 3.16 bits per heavy atom. The van der Waals surface area contributed by atoms with Gasteiger partial charge in [0.25, 0.3) is 0 Å². The van der Waals surface area contributed by atoms with Crippen LogP contribution in [0.25, 0.3) is 0 Å². The highest BCUT2D eigenvalue weighted by molar-refractivity contribution is 5.82. The highest BCUT2D eigenvalue weighted by Crippen LogP contribution is 2.12. The molecule has 0 aliphatic carbocycles. The highest BCUT2D eigenvalue weighted by atomic mass is 16.2. The molecule has 1 aromatic heterocycles. The Balaban J connectivity index is 2.02. The number of hydrogen-bond donors (Lipinski definition) is 1. The fourth-order valence-corrected chi connectivity index (χ4v) is 2.28. The molecule has 1 amide bonds. The molecule has 1 aliphatic rings. The van der Waals surface area contributed by atoms with Crippen LogP contribution in [0, 0.1) is 11.3 Å². The van der Waals surface area contributed by atoms with Gasteiger partial charge in [-0.3, -0.25) is 9.78 Å². The molecule has 1 aromatic rings. The number of carbonyl (C=O) groups excluding carboxylic acids is 1. The van der Waals surface area contributed by atoms with E-state index in [2.05, 4.69) is 16.4 Å². The molecule has 2 heterocycles. The van der Waals surface area contributed by atoms with E-state index >= 15 is 0 Å². The van der Waals surface area contributed by atoms with Crippen LogP contribution >= 0.6 is 0 Å². The second-order valence-electron chi connectivity index (χ2n) is 4.68. The number of pyridine rings is 1. The summed E-state index contributed by atoms with van der Waals surface area (Å²) < 4.78 is 0. The van der Waals surface area contributed by atoms with Gasteiger partial charge in [-0.05, 0) is 31.0 Å². The molecule has 1 N–H and O–H groups in total. The smallest absolute Gasteiger partial charge is 0.240 e. The van der Waals surface area contributed by atoms with Crippen LogP contribution < -0.4 is 5.32 Å². The van der Waals surface area contributed by atoms with E-state index in [1.165, 1.54) is 0 Å². The van der Waals surface area contributed by atoms with E-state index in [-0.39, 0.29) is 11.9 Å². The Morgan fingerprint density at radius 1 is 1.63 bits per heavy atom. The van der Waals surface area contributed by atoms with Crippen molar-refractivity contribution in [3.8, 4) is 6.07 Å². The molecular weight excluding hydrogens is 240 g/mol. The van der Waals surface area contributed by atoms with Crippen LogP contribution in [-0.4, -0.2) is 34.9 Å². The molecule has 0 aromatic carbocycles. The lowest BCUT2D eigenvalue weighted by Gasteiger charge is -2.24. The fourth-order valence-electron chi connectivity index (χ4n) is 2.28. The molecule has 19 heavy (non-hydrogen) atoms. The third-order valence-electron chi connectivity index (χ3n) is 3.26. The average Bonchev–Trinajstić information content (AvgIpc) is 2.98. The lowest BCUT2D eigenvalue weighted by atomic mass is 10.1. The van der Waals surface area contributed by atoms with E-state index in [9.17, 15) is 4.79 Å². The van der Waals surface area contributed by atoms with Crippen molar-refractivity contribution in [3.05, 3.63) is 30.1 Å². The van der Waals surface area contributed by atoms with Crippen molar-refractivity contribution in [1.29, 1.82) is 5.26 Å². The first-order chi connectivity index (χ1) is 9.31. The van der Waals surface area contributed by atoms with Gasteiger partial charge < -0.3 is 10.2 Å². The minimum atomic E-state index is -0.0876. The average molecular weight is 258 g/mol. The molecule has 1 saturated heterocycles. The van der Waals surface area contributed by atoms with Crippen molar-refractivity contribution < 1.29 is 4.79 Å². The van der Waals surface area contributed by atoms with Crippen LogP contribution in [0.5, 0.6) is 0 Å². The van der Waals surface area contributed by atoms with Gasteiger partial charge in [-0.1, -0.05) is 6.07 Å². The van der Waals surface area contributed by atoms with Crippen LogP contribution in [-0.2, 0) is 11.3 Å². The minimum Gasteiger partial charge on any atom is -0.336 e. The van der Waals surface area contributed by atoms with Crippen molar-refractivity contribution >= 4 is 5.91 Å². The van der Waals surface area contributed by atoms with E-state index < -0.39 is 0 Å². The number of rotatable bonds is 5. The molecule has 0 saturated carbocycles. The number of nitrogens with zero attached hydrogens (tertiary/aromatic N) is 3. The molecule has 0 spiro atoms. The van der Waals surface area contributed by atoms with Gasteiger partial charge in [-0.2, -0.15) is 5.26 Å². The van der Waals surface area contributed by atoms with E-state index in [1.807, 2.05) is 12.1 Å². The lowest BCUT2D eigenvalue weighted by molar-refractivity contribution is -0.133. The van der Waals surface area contributed by atoms with Gasteiger partial charge >= 0.3 is 0 Å². The first kappa shape index (κ1) is 13.5. The van der Waals surface area contributed by atoms with Crippen LogP contribution in [0.2, 0.25) is 0 Å². The normalized spacial score (nSPS) is 17.9. The highest BCUT2D eigenvalue weighted by Gasteiger charge is 2.26. The fraction of sp³-hybridized carbons (Fsp3) is 0.500. The van der Waals surface area contributed by atoms with E-state index in [4.69, 9.17) is 5.26 Å². The second kappa shape index (κ2) is 6.86. The Hall–Kier alpha value is -1.93. The third-order valence-corrected chi connectivity index (χ3v) is 3.26. The van der Waals surface area contributed by atoms with Gasteiger partial charge in [0.15, 0.2) is 0 Å². The van der Waals surface area contributed by atoms with Gasteiger partial charge in [0, 0.05) is 25.5 Å². The molecule has 0 radical (unpaired) electrons. The van der Waals surface area contributed by atoms with Gasteiger partial charge in [0.2, 0.25) is 5.91 Å². The Bertz CT molecular complexity index is 448. The summed E-state index contributed by atoms with van der Waals surface area (Å²) in [7, 11) is 0. The Labute approximate surface area is 113 Å². The maximum atomic E-state index is 12.4. The first-order valence-corrected chi connectivity index (χ1v) is 6.59. The number of amides is 1. The minimum absolute atomic E-state index is 0.0876. The van der Waals surface area contributed by atoms with Gasteiger partial charge in [0.05, 0.1) is 18.5 Å². The first-order valence-electron chi connectivity index (χ1n) is 6.59. The van der Waals surface area contributed by atoms with Crippen molar-refractivity contribution in [2.45, 2.75) is 31.8 Å². The van der Waals surface area contributed by atoms with Gasteiger partial charge in [0.1, 0.15) is 0 Å². The van der Waals surface area contributed by atoms with Gasteiger partial charge in [-0.15, -0.1) is 0 Å². The van der Waals surface area contributed by atoms with Crippen molar-refractivity contribution in [2.24, 2.45) is 0 Å². The zero-order chi connectivity index (χ0) is 13.5. The number of nitriles is 1. The zero-order valence-electron chi connectivity index (χ0n) is 10.9. The Morgan fingerprint density at radius 2 is 2.53 bits per heavy atom. The topological polar surface area (TPSA) is 69.0 Å². The molecular formula is C14H18N4O. The summed E-state index contributed by atoms with van der Waals surface area (Å²) in [6.45, 7) is 1.89. The molecule has 0 unspecified atom stereocenters. The molecule has 1 aliphatic heterocycles. The maximum absolute atomic E-state index is 12.4. The number of aromatic nitrogens is 1. The largest absolute Gasteiger partial charge is 0.336 e. The zero-order valence-corrected chi connectivity index (χ0v) is 10.9. The lowest BCUT2D eigenvalue weighted by Crippen LogP contribution is -2.43. The summed E-state index contributed by atoms with van der Waals surface area (Å²) >= 11 is 0. The summed E-state index contributed by atoms with van der Waals surface area (Å²) in [5.74, 6) is 0.0941.